The van der Waals surface area contributed by atoms with Crippen molar-refractivity contribution in [3.63, 3.8) is 0 Å². The predicted octanol–water partition coefficient (Wildman–Crippen LogP) is 2.96. The van der Waals surface area contributed by atoms with E-state index in [1.807, 2.05) is 12.1 Å². The van der Waals surface area contributed by atoms with Crippen molar-refractivity contribution < 1.29 is 9.53 Å². The highest BCUT2D eigenvalue weighted by atomic mass is 16.5. The van der Waals surface area contributed by atoms with Crippen LogP contribution in [-0.4, -0.2) is 54.7 Å². The van der Waals surface area contributed by atoms with E-state index in [0.29, 0.717) is 17.0 Å². The van der Waals surface area contributed by atoms with Crippen LogP contribution in [0.25, 0.3) is 0 Å². The summed E-state index contributed by atoms with van der Waals surface area (Å²) in [6, 6.07) is 4.29. The molecule has 3 aliphatic rings. The van der Waals surface area contributed by atoms with Gasteiger partial charge in [-0.1, -0.05) is 20.8 Å². The van der Waals surface area contributed by atoms with E-state index in [4.69, 9.17) is 4.74 Å². The number of amides is 1. The summed E-state index contributed by atoms with van der Waals surface area (Å²) in [5, 5.41) is 0. The lowest BCUT2D eigenvalue weighted by Crippen LogP contribution is -2.38. The Kier molecular flexibility index (Phi) is 4.02. The van der Waals surface area contributed by atoms with Crippen LogP contribution in [0, 0.1) is 10.8 Å². The van der Waals surface area contributed by atoms with Gasteiger partial charge in [0.1, 0.15) is 5.82 Å². The van der Waals surface area contributed by atoms with Crippen molar-refractivity contribution in [3.05, 3.63) is 23.9 Å². The van der Waals surface area contributed by atoms with Crippen molar-refractivity contribution in [2.45, 2.75) is 46.1 Å². The molecule has 2 aliphatic heterocycles. The Morgan fingerprint density at radius 3 is 2.64 bits per heavy atom. The normalized spacial score (nSPS) is 31.2. The summed E-state index contributed by atoms with van der Waals surface area (Å²) in [7, 11) is 0. The summed E-state index contributed by atoms with van der Waals surface area (Å²) in [5.41, 5.74) is 1.31. The predicted molar refractivity (Wildman–Crippen MR) is 97.8 cm³/mol. The van der Waals surface area contributed by atoms with Crippen LogP contribution in [0.15, 0.2) is 18.3 Å². The van der Waals surface area contributed by atoms with E-state index in [0.717, 1.165) is 51.5 Å². The van der Waals surface area contributed by atoms with Gasteiger partial charge in [0.15, 0.2) is 0 Å². The first-order valence-electron chi connectivity index (χ1n) is 9.45. The molecular weight excluding hydrogens is 314 g/mol. The van der Waals surface area contributed by atoms with Gasteiger partial charge in [0.25, 0.3) is 5.91 Å². The second-order valence-electron chi connectivity index (χ2n) is 9.15. The lowest BCUT2D eigenvalue weighted by molar-refractivity contribution is 0.0707. The Morgan fingerprint density at radius 1 is 1.20 bits per heavy atom. The number of hydrogen-bond donors (Lipinski definition) is 0. The third-order valence-electron chi connectivity index (χ3n) is 6.01. The first kappa shape index (κ1) is 16.8. The fourth-order valence-corrected chi connectivity index (χ4v) is 5.36. The van der Waals surface area contributed by atoms with Gasteiger partial charge in [-0.2, -0.15) is 0 Å². The highest BCUT2D eigenvalue weighted by Crippen LogP contribution is 2.52. The Morgan fingerprint density at radius 2 is 1.96 bits per heavy atom. The summed E-state index contributed by atoms with van der Waals surface area (Å²) in [5.74, 6) is 1.08. The third kappa shape index (κ3) is 3.26. The Balaban J connectivity index is 1.49. The largest absolute Gasteiger partial charge is 0.378 e. The maximum absolute atomic E-state index is 13.1. The van der Waals surface area contributed by atoms with E-state index in [1.54, 1.807) is 6.20 Å². The van der Waals surface area contributed by atoms with E-state index in [9.17, 15) is 4.79 Å². The number of rotatable bonds is 2. The summed E-state index contributed by atoms with van der Waals surface area (Å²) in [6.45, 7) is 11.1. The monoisotopic (exact) mass is 343 g/mol. The Hall–Kier alpha value is -1.62. The topological polar surface area (TPSA) is 45.7 Å². The number of hydrogen-bond acceptors (Lipinski definition) is 4. The van der Waals surface area contributed by atoms with Crippen molar-refractivity contribution in [1.29, 1.82) is 0 Å². The number of fused-ring (bicyclic) bond motifs is 2. The molecule has 2 saturated heterocycles. The standard InChI is InChI=1S/C20H29N3O2/c1-19(2)10-16-11-20(3,13-19)14-23(16)18(24)15-4-5-17(21-12-15)22-6-8-25-9-7-22/h4-5,12,16H,6-11,13-14H2,1-3H3. The first-order valence-corrected chi connectivity index (χ1v) is 9.45. The van der Waals surface area contributed by atoms with Crippen LogP contribution in [0.1, 0.15) is 50.4 Å². The van der Waals surface area contributed by atoms with E-state index in [2.05, 4.69) is 35.6 Å². The molecule has 4 rings (SSSR count). The maximum atomic E-state index is 13.1. The van der Waals surface area contributed by atoms with Crippen LogP contribution in [0.3, 0.4) is 0 Å². The van der Waals surface area contributed by atoms with Crippen LogP contribution < -0.4 is 4.90 Å². The molecule has 5 heteroatoms. The van der Waals surface area contributed by atoms with Gasteiger partial charge in [-0.3, -0.25) is 4.79 Å². The summed E-state index contributed by atoms with van der Waals surface area (Å²) < 4.78 is 5.39. The van der Waals surface area contributed by atoms with Gasteiger partial charge in [0.05, 0.1) is 18.8 Å². The van der Waals surface area contributed by atoms with Crippen LogP contribution in [-0.2, 0) is 4.74 Å². The van der Waals surface area contributed by atoms with Crippen LogP contribution in [0.2, 0.25) is 0 Å². The van der Waals surface area contributed by atoms with Gasteiger partial charge in [0.2, 0.25) is 0 Å². The lowest BCUT2D eigenvalue weighted by atomic mass is 9.65. The number of aromatic nitrogens is 1. The van der Waals surface area contributed by atoms with E-state index >= 15 is 0 Å². The molecule has 2 bridgehead atoms. The Labute approximate surface area is 150 Å². The van der Waals surface area contributed by atoms with Crippen molar-refractivity contribution in [3.8, 4) is 0 Å². The maximum Gasteiger partial charge on any atom is 0.255 e. The summed E-state index contributed by atoms with van der Waals surface area (Å²) >= 11 is 0. The van der Waals surface area contributed by atoms with Gasteiger partial charge in [-0.25, -0.2) is 4.98 Å². The van der Waals surface area contributed by atoms with Crippen molar-refractivity contribution >= 4 is 11.7 Å². The molecule has 3 heterocycles. The van der Waals surface area contributed by atoms with Crippen LogP contribution in [0.4, 0.5) is 5.82 Å². The van der Waals surface area contributed by atoms with E-state index in [1.165, 1.54) is 6.42 Å². The van der Waals surface area contributed by atoms with Crippen molar-refractivity contribution in [2.75, 3.05) is 37.7 Å². The van der Waals surface area contributed by atoms with Crippen molar-refractivity contribution in [1.82, 2.24) is 9.88 Å². The highest BCUT2D eigenvalue weighted by Gasteiger charge is 2.51. The smallest absolute Gasteiger partial charge is 0.255 e. The fraction of sp³-hybridized carbons (Fsp3) is 0.700. The molecule has 1 aromatic rings. The molecule has 1 aliphatic carbocycles. The van der Waals surface area contributed by atoms with E-state index < -0.39 is 0 Å². The number of ether oxygens (including phenoxy) is 1. The third-order valence-corrected chi connectivity index (χ3v) is 6.01. The minimum Gasteiger partial charge on any atom is -0.378 e. The molecule has 0 spiro atoms. The molecule has 5 nitrogen and oxygen atoms in total. The van der Waals surface area contributed by atoms with E-state index in [-0.39, 0.29) is 11.3 Å². The molecule has 136 valence electrons. The zero-order valence-electron chi connectivity index (χ0n) is 15.6. The van der Waals surface area contributed by atoms with Gasteiger partial charge < -0.3 is 14.5 Å². The molecule has 2 unspecified atom stereocenters. The van der Waals surface area contributed by atoms with Gasteiger partial charge in [-0.05, 0) is 42.2 Å². The molecule has 1 aromatic heterocycles. The zero-order chi connectivity index (χ0) is 17.7. The average molecular weight is 343 g/mol. The number of morpholine rings is 1. The second-order valence-corrected chi connectivity index (χ2v) is 9.15. The average Bonchev–Trinajstić information content (AvgIpc) is 2.84. The van der Waals surface area contributed by atoms with Gasteiger partial charge in [-0.15, -0.1) is 0 Å². The molecule has 3 fully saturated rings. The minimum absolute atomic E-state index is 0.146. The summed E-state index contributed by atoms with van der Waals surface area (Å²) in [6.07, 6.45) is 5.20. The lowest BCUT2D eigenvalue weighted by Gasteiger charge is -2.39. The minimum atomic E-state index is 0.146. The van der Waals surface area contributed by atoms with Crippen LogP contribution >= 0.6 is 0 Å². The molecule has 0 radical (unpaired) electrons. The van der Waals surface area contributed by atoms with Gasteiger partial charge in [0, 0.05) is 31.9 Å². The van der Waals surface area contributed by atoms with Crippen molar-refractivity contribution in [2.24, 2.45) is 10.8 Å². The number of nitrogens with zero attached hydrogens (tertiary/aromatic N) is 3. The molecule has 25 heavy (non-hydrogen) atoms. The molecule has 0 aromatic carbocycles. The molecule has 1 amide bonds. The number of anilines is 1. The van der Waals surface area contributed by atoms with Gasteiger partial charge >= 0.3 is 0 Å². The molecule has 1 saturated carbocycles. The summed E-state index contributed by atoms with van der Waals surface area (Å²) in [4.78, 5) is 22.0. The fourth-order valence-electron chi connectivity index (χ4n) is 5.36. The quantitative estimate of drug-likeness (QED) is 0.828. The number of likely N-dealkylation sites (tertiary alicyclic amines) is 1. The number of carbonyl (C=O) groups is 1. The number of carbonyl (C=O) groups excluding carboxylic acids is 1. The highest BCUT2D eigenvalue weighted by molar-refractivity contribution is 5.94. The second kappa shape index (κ2) is 5.97. The van der Waals surface area contributed by atoms with Crippen LogP contribution in [0.5, 0.6) is 0 Å². The zero-order valence-corrected chi connectivity index (χ0v) is 15.6. The molecular formula is C20H29N3O2. The molecule has 0 N–H and O–H groups in total. The Bertz CT molecular complexity index is 651. The SMILES string of the molecule is CC1(C)CC2CC(C)(CN2C(=O)c2ccc(N3CCOCC3)nc2)C1. The molecule has 2 atom stereocenters. The number of pyridine rings is 1. The first-order chi connectivity index (χ1) is 11.9.